The molecular weight excluding hydrogens is 334 g/mol. The molecule has 8 heteroatoms. The number of carbonyl (C=O) groups excluding carboxylic acids is 2. The number of ether oxygens (including phenoxy) is 2. The zero-order chi connectivity index (χ0) is 17.9. The summed E-state index contributed by atoms with van der Waals surface area (Å²) < 4.78 is 35.7. The van der Waals surface area contributed by atoms with Gasteiger partial charge in [0.05, 0.1) is 0 Å². The maximum Gasteiger partial charge on any atom is 0.210 e. The van der Waals surface area contributed by atoms with Crippen molar-refractivity contribution in [1.82, 2.24) is 0 Å². The van der Waals surface area contributed by atoms with Gasteiger partial charge in [0.2, 0.25) is 11.6 Å². The number of rotatable bonds is 7. The summed E-state index contributed by atoms with van der Waals surface area (Å²) in [6.45, 7) is 3.87. The second kappa shape index (κ2) is 7.25. The molecule has 1 aromatic carbocycles. The Balaban J connectivity index is 2.44. The smallest absolute Gasteiger partial charge is 0.210 e. The van der Waals surface area contributed by atoms with Crippen molar-refractivity contribution in [3.05, 3.63) is 46.0 Å². The third-order valence-electron chi connectivity index (χ3n) is 3.48. The van der Waals surface area contributed by atoms with Crippen LogP contribution in [0.15, 0.2) is 34.9 Å². The number of carbonyl (C=O) groups is 2. The van der Waals surface area contributed by atoms with E-state index >= 15 is 0 Å². The van der Waals surface area contributed by atoms with E-state index in [2.05, 4.69) is 0 Å². The number of Topliss-reactive ketones (excluding diaryl/α,β-unsaturated/α-hetero) is 2. The van der Waals surface area contributed by atoms with Crippen LogP contribution in [0.1, 0.15) is 34.6 Å². The van der Waals surface area contributed by atoms with Gasteiger partial charge in [0, 0.05) is 24.3 Å². The summed E-state index contributed by atoms with van der Waals surface area (Å²) >= 11 is 0. The highest BCUT2D eigenvalue weighted by molar-refractivity contribution is 7.96. The first-order chi connectivity index (χ1) is 11.3. The van der Waals surface area contributed by atoms with Gasteiger partial charge in [-0.25, -0.2) is 8.42 Å². The van der Waals surface area contributed by atoms with Crippen molar-refractivity contribution in [1.29, 1.82) is 0 Å². The molecule has 2 N–H and O–H groups in total. The van der Waals surface area contributed by atoms with Crippen molar-refractivity contribution in [2.45, 2.75) is 20.1 Å². The molecule has 1 aliphatic rings. The van der Waals surface area contributed by atoms with E-state index in [4.69, 9.17) is 15.2 Å². The molecule has 0 saturated heterocycles. The van der Waals surface area contributed by atoms with E-state index in [1.807, 2.05) is 0 Å². The molecule has 7 nitrogen and oxygen atoms in total. The number of hydrogen-bond acceptors (Lipinski definition) is 7. The lowest BCUT2D eigenvalue weighted by molar-refractivity contribution is -0.120. The first kappa shape index (κ1) is 18.3. The number of nitrogens with two attached hydrogens (primary N) is 1. The lowest BCUT2D eigenvalue weighted by Crippen LogP contribution is -2.35. The maximum atomic E-state index is 12.7. The molecule has 1 aliphatic carbocycles. The molecule has 0 unspecified atom stereocenters. The predicted octanol–water partition coefficient (Wildman–Crippen LogP) is 1.05. The van der Waals surface area contributed by atoms with Gasteiger partial charge in [-0.05, 0) is 13.8 Å². The minimum Gasteiger partial charge on any atom is -0.394 e. The highest BCUT2D eigenvalue weighted by atomic mass is 32.2. The standard InChI is InChI=1S/C16H19NO6S/c1-3-22-12(23-4-2)9-24(20,21)16-13(17)14(18)10-7-5-6-8-11(10)15(16)19/h5-8,12H,3-4,9,17H2,1-2H3. The molecule has 0 radical (unpaired) electrons. The van der Waals surface area contributed by atoms with Crippen LogP contribution in [-0.2, 0) is 19.3 Å². The van der Waals surface area contributed by atoms with E-state index in [1.165, 1.54) is 12.1 Å². The highest BCUT2D eigenvalue weighted by Gasteiger charge is 2.39. The molecule has 1 aromatic rings. The van der Waals surface area contributed by atoms with Crippen LogP contribution in [0, 0.1) is 0 Å². The Morgan fingerprint density at radius 2 is 1.50 bits per heavy atom. The van der Waals surface area contributed by atoms with Crippen molar-refractivity contribution in [2.75, 3.05) is 19.0 Å². The zero-order valence-electron chi connectivity index (χ0n) is 13.4. The van der Waals surface area contributed by atoms with Crippen LogP contribution in [-0.4, -0.2) is 45.2 Å². The van der Waals surface area contributed by atoms with Crippen molar-refractivity contribution in [3.63, 3.8) is 0 Å². The molecule has 0 bridgehead atoms. The Labute approximate surface area is 140 Å². The number of hydrogen-bond donors (Lipinski definition) is 1. The van der Waals surface area contributed by atoms with Crippen LogP contribution in [0.3, 0.4) is 0 Å². The fourth-order valence-electron chi connectivity index (χ4n) is 2.46. The molecule has 0 saturated carbocycles. The van der Waals surface area contributed by atoms with Crippen LogP contribution in [0.4, 0.5) is 0 Å². The summed E-state index contributed by atoms with van der Waals surface area (Å²) in [7, 11) is -4.17. The number of allylic oxidation sites excluding steroid dienone is 2. The van der Waals surface area contributed by atoms with E-state index in [0.29, 0.717) is 0 Å². The zero-order valence-corrected chi connectivity index (χ0v) is 14.3. The lowest BCUT2D eigenvalue weighted by Gasteiger charge is -2.21. The van der Waals surface area contributed by atoms with Crippen LogP contribution in [0.2, 0.25) is 0 Å². The summed E-state index contributed by atoms with van der Waals surface area (Å²) in [6, 6.07) is 5.98. The molecule has 0 spiro atoms. The number of fused-ring (bicyclic) bond motifs is 1. The first-order valence-electron chi connectivity index (χ1n) is 7.47. The van der Waals surface area contributed by atoms with Crippen molar-refractivity contribution >= 4 is 21.4 Å². The van der Waals surface area contributed by atoms with Gasteiger partial charge in [0.25, 0.3) is 0 Å². The molecule has 0 amide bonds. The summed E-state index contributed by atoms with van der Waals surface area (Å²) in [4.78, 5) is 24.2. The van der Waals surface area contributed by atoms with E-state index in [1.54, 1.807) is 26.0 Å². The van der Waals surface area contributed by atoms with Gasteiger partial charge in [-0.15, -0.1) is 0 Å². The Morgan fingerprint density at radius 1 is 1.00 bits per heavy atom. The first-order valence-corrected chi connectivity index (χ1v) is 9.12. The van der Waals surface area contributed by atoms with E-state index in [-0.39, 0.29) is 24.3 Å². The Bertz CT molecular complexity index is 791. The average Bonchev–Trinajstić information content (AvgIpc) is 2.53. The van der Waals surface area contributed by atoms with E-state index in [9.17, 15) is 18.0 Å². The van der Waals surface area contributed by atoms with Crippen LogP contribution >= 0.6 is 0 Å². The minimum atomic E-state index is -4.17. The summed E-state index contributed by atoms with van der Waals surface area (Å²) in [5.41, 5.74) is 5.25. The molecule has 0 atom stereocenters. The third kappa shape index (κ3) is 3.40. The molecule has 0 aromatic heterocycles. The van der Waals surface area contributed by atoms with Crippen LogP contribution < -0.4 is 5.73 Å². The average molecular weight is 353 g/mol. The topological polar surface area (TPSA) is 113 Å². The Kier molecular flexibility index (Phi) is 5.53. The second-order valence-corrected chi connectivity index (χ2v) is 7.04. The maximum absolute atomic E-state index is 12.7. The van der Waals surface area contributed by atoms with Gasteiger partial charge in [0.15, 0.2) is 16.1 Å². The van der Waals surface area contributed by atoms with Crippen molar-refractivity contribution in [2.24, 2.45) is 5.73 Å². The Hall–Kier alpha value is -2.03. The van der Waals surface area contributed by atoms with Gasteiger partial charge in [-0.2, -0.15) is 0 Å². The number of sulfone groups is 1. The summed E-state index contributed by atoms with van der Waals surface area (Å²) in [5, 5.41) is 0. The van der Waals surface area contributed by atoms with Crippen molar-refractivity contribution < 1.29 is 27.5 Å². The van der Waals surface area contributed by atoms with Gasteiger partial charge in [-0.3, -0.25) is 9.59 Å². The molecular formula is C16H19NO6S. The van der Waals surface area contributed by atoms with Gasteiger partial charge >= 0.3 is 0 Å². The molecule has 24 heavy (non-hydrogen) atoms. The van der Waals surface area contributed by atoms with Gasteiger partial charge in [0.1, 0.15) is 16.4 Å². The largest absolute Gasteiger partial charge is 0.394 e. The van der Waals surface area contributed by atoms with Crippen LogP contribution in [0.5, 0.6) is 0 Å². The van der Waals surface area contributed by atoms with Gasteiger partial charge < -0.3 is 15.2 Å². The number of ketones is 2. The quantitative estimate of drug-likeness (QED) is 0.729. The fraction of sp³-hybridized carbons (Fsp3) is 0.375. The SMILES string of the molecule is CCOC(CS(=O)(=O)C1=C(N)C(=O)c2ccccc2C1=O)OCC. The second-order valence-electron chi connectivity index (χ2n) is 5.07. The van der Waals surface area contributed by atoms with Crippen LogP contribution in [0.25, 0.3) is 0 Å². The van der Waals surface area contributed by atoms with E-state index in [0.717, 1.165) is 0 Å². The summed E-state index contributed by atoms with van der Waals surface area (Å²) in [5.74, 6) is -2.05. The number of benzene rings is 1. The molecule has 2 rings (SSSR count). The fourth-order valence-corrected chi connectivity index (χ4v) is 4.00. The van der Waals surface area contributed by atoms with Gasteiger partial charge in [-0.1, -0.05) is 24.3 Å². The van der Waals surface area contributed by atoms with Crippen molar-refractivity contribution in [3.8, 4) is 0 Å². The third-order valence-corrected chi connectivity index (χ3v) is 5.22. The van der Waals surface area contributed by atoms with E-state index < -0.39 is 44.0 Å². The predicted molar refractivity (Wildman–Crippen MR) is 87.1 cm³/mol. The minimum absolute atomic E-state index is 0.0274. The molecule has 0 aliphatic heterocycles. The monoisotopic (exact) mass is 353 g/mol. The Morgan fingerprint density at radius 3 is 2.00 bits per heavy atom. The summed E-state index contributed by atoms with van der Waals surface area (Å²) in [6.07, 6.45) is -1.04. The molecule has 0 fully saturated rings. The normalized spacial score (nSPS) is 15.1. The molecule has 130 valence electrons. The lowest BCUT2D eigenvalue weighted by atomic mass is 9.93. The highest BCUT2D eigenvalue weighted by Crippen LogP contribution is 2.28. The molecule has 0 heterocycles.